The minimum atomic E-state index is -0.546. The van der Waals surface area contributed by atoms with E-state index in [1.54, 1.807) is 11.3 Å². The Hall–Kier alpha value is -2.19. The Morgan fingerprint density at radius 3 is 2.61 bits per heavy atom. The minimum Gasteiger partial charge on any atom is -0.378 e. The van der Waals surface area contributed by atoms with Crippen LogP contribution in [0.2, 0.25) is 0 Å². The highest BCUT2D eigenvalue weighted by Gasteiger charge is 2.28. The maximum Gasteiger partial charge on any atom is 0.247 e. The SMILES string of the molecule is CC(C)C(NC(=O)C1CCCCC1)C(=O)Nc1ccc2nc(N3CCOCC3)sc2c1. The molecule has 0 bridgehead atoms. The Bertz CT molecular complexity index is 917. The number of fused-ring (bicyclic) bond motifs is 1. The average molecular weight is 445 g/mol. The highest BCUT2D eigenvalue weighted by atomic mass is 32.1. The Morgan fingerprint density at radius 1 is 1.16 bits per heavy atom. The molecule has 1 unspecified atom stereocenters. The van der Waals surface area contributed by atoms with Gasteiger partial charge < -0.3 is 20.3 Å². The summed E-state index contributed by atoms with van der Waals surface area (Å²) in [7, 11) is 0. The van der Waals surface area contributed by atoms with Gasteiger partial charge in [0.25, 0.3) is 0 Å². The lowest BCUT2D eigenvalue weighted by molar-refractivity contribution is -0.130. The number of amides is 2. The number of ether oxygens (including phenoxy) is 1. The second kappa shape index (κ2) is 9.96. The number of carbonyl (C=O) groups excluding carboxylic acids is 2. The lowest BCUT2D eigenvalue weighted by atomic mass is 9.88. The van der Waals surface area contributed by atoms with Crippen molar-refractivity contribution >= 4 is 44.2 Å². The number of morpholine rings is 1. The molecule has 1 saturated heterocycles. The van der Waals surface area contributed by atoms with Gasteiger partial charge in [0.1, 0.15) is 6.04 Å². The molecular weight excluding hydrogens is 412 g/mol. The molecule has 1 aromatic heterocycles. The Kier molecular flexibility index (Phi) is 7.07. The Morgan fingerprint density at radius 2 is 1.90 bits per heavy atom. The molecule has 168 valence electrons. The van der Waals surface area contributed by atoms with Crippen LogP contribution in [0.15, 0.2) is 18.2 Å². The molecule has 2 aromatic rings. The molecule has 2 fully saturated rings. The number of aromatic nitrogens is 1. The first-order valence-electron chi connectivity index (χ1n) is 11.4. The minimum absolute atomic E-state index is 0.00704. The van der Waals surface area contributed by atoms with Crippen LogP contribution in [0.4, 0.5) is 10.8 Å². The fraction of sp³-hybridized carbons (Fsp3) is 0.609. The van der Waals surface area contributed by atoms with Crippen LogP contribution < -0.4 is 15.5 Å². The fourth-order valence-corrected chi connectivity index (χ4v) is 5.33. The summed E-state index contributed by atoms with van der Waals surface area (Å²) >= 11 is 1.63. The number of nitrogens with zero attached hydrogens (tertiary/aromatic N) is 2. The second-order valence-corrected chi connectivity index (χ2v) is 9.84. The first kappa shape index (κ1) is 22.0. The van der Waals surface area contributed by atoms with E-state index in [1.165, 1.54) is 6.42 Å². The van der Waals surface area contributed by atoms with Gasteiger partial charge in [0.05, 0.1) is 23.4 Å². The lowest BCUT2D eigenvalue weighted by Gasteiger charge is -2.26. The summed E-state index contributed by atoms with van der Waals surface area (Å²) in [5, 5.41) is 7.00. The van der Waals surface area contributed by atoms with Gasteiger partial charge in [-0.15, -0.1) is 0 Å². The van der Waals surface area contributed by atoms with Crippen LogP contribution >= 0.6 is 11.3 Å². The molecule has 31 heavy (non-hydrogen) atoms. The maximum atomic E-state index is 13.0. The van der Waals surface area contributed by atoms with Crippen LogP contribution in [-0.2, 0) is 14.3 Å². The van der Waals surface area contributed by atoms with Crippen molar-refractivity contribution in [2.45, 2.75) is 52.0 Å². The lowest BCUT2D eigenvalue weighted by Crippen LogP contribution is -2.49. The summed E-state index contributed by atoms with van der Waals surface area (Å²) in [6.07, 6.45) is 5.23. The van der Waals surface area contributed by atoms with E-state index < -0.39 is 6.04 Å². The monoisotopic (exact) mass is 444 g/mol. The van der Waals surface area contributed by atoms with Crippen molar-refractivity contribution in [1.29, 1.82) is 0 Å². The van der Waals surface area contributed by atoms with Gasteiger partial charge in [0.2, 0.25) is 11.8 Å². The second-order valence-electron chi connectivity index (χ2n) is 8.83. The van der Waals surface area contributed by atoms with Gasteiger partial charge >= 0.3 is 0 Å². The number of nitrogens with one attached hydrogen (secondary N) is 2. The predicted octanol–water partition coefficient (Wildman–Crippen LogP) is 3.79. The molecule has 2 heterocycles. The molecule has 4 rings (SSSR count). The standard InChI is InChI=1S/C23H32N4O3S/c1-15(2)20(26-21(28)16-6-4-3-5-7-16)22(29)24-17-8-9-18-19(14-17)31-23(25-18)27-10-12-30-13-11-27/h8-9,14-16,20H,3-7,10-13H2,1-2H3,(H,24,29)(H,26,28). The summed E-state index contributed by atoms with van der Waals surface area (Å²) < 4.78 is 6.46. The third-order valence-corrected chi connectivity index (χ3v) is 7.23. The van der Waals surface area contributed by atoms with Crippen molar-refractivity contribution in [3.63, 3.8) is 0 Å². The molecule has 7 nitrogen and oxygen atoms in total. The normalized spacial score (nSPS) is 18.9. The van der Waals surface area contributed by atoms with E-state index in [9.17, 15) is 9.59 Å². The van der Waals surface area contributed by atoms with Crippen molar-refractivity contribution in [3.8, 4) is 0 Å². The zero-order valence-electron chi connectivity index (χ0n) is 18.4. The van der Waals surface area contributed by atoms with Crippen molar-refractivity contribution < 1.29 is 14.3 Å². The quantitative estimate of drug-likeness (QED) is 0.708. The number of anilines is 2. The first-order chi connectivity index (χ1) is 15.0. The van der Waals surface area contributed by atoms with E-state index in [2.05, 4.69) is 15.5 Å². The third kappa shape index (κ3) is 5.36. The molecule has 1 aliphatic carbocycles. The number of hydrogen-bond acceptors (Lipinski definition) is 6. The van der Waals surface area contributed by atoms with Crippen molar-refractivity contribution in [1.82, 2.24) is 10.3 Å². The highest BCUT2D eigenvalue weighted by molar-refractivity contribution is 7.22. The van der Waals surface area contributed by atoms with Gasteiger partial charge in [0, 0.05) is 24.7 Å². The van der Waals surface area contributed by atoms with Gasteiger partial charge in [-0.1, -0.05) is 44.4 Å². The van der Waals surface area contributed by atoms with Crippen LogP contribution in [0.1, 0.15) is 46.0 Å². The van der Waals surface area contributed by atoms with E-state index in [0.29, 0.717) is 0 Å². The fourth-order valence-electron chi connectivity index (χ4n) is 4.27. The van der Waals surface area contributed by atoms with E-state index in [4.69, 9.17) is 9.72 Å². The number of hydrogen-bond donors (Lipinski definition) is 2. The van der Waals surface area contributed by atoms with Crippen LogP contribution in [-0.4, -0.2) is 49.1 Å². The average Bonchev–Trinajstić information content (AvgIpc) is 3.21. The van der Waals surface area contributed by atoms with Gasteiger partial charge in [-0.3, -0.25) is 9.59 Å². The van der Waals surface area contributed by atoms with Crippen molar-refractivity contribution in [2.75, 3.05) is 36.5 Å². The van der Waals surface area contributed by atoms with E-state index in [1.807, 2.05) is 32.0 Å². The van der Waals surface area contributed by atoms with E-state index >= 15 is 0 Å². The molecule has 1 saturated carbocycles. The number of benzene rings is 1. The largest absolute Gasteiger partial charge is 0.378 e. The molecule has 2 N–H and O–H groups in total. The molecule has 1 aliphatic heterocycles. The maximum absolute atomic E-state index is 13.0. The smallest absolute Gasteiger partial charge is 0.247 e. The van der Waals surface area contributed by atoms with Crippen LogP contribution in [0.3, 0.4) is 0 Å². The molecule has 2 aliphatic rings. The molecule has 8 heteroatoms. The van der Waals surface area contributed by atoms with Gasteiger partial charge in [-0.2, -0.15) is 0 Å². The summed E-state index contributed by atoms with van der Waals surface area (Å²) in [6, 6.07) is 5.24. The van der Waals surface area contributed by atoms with Crippen LogP contribution in [0.5, 0.6) is 0 Å². The van der Waals surface area contributed by atoms with Crippen LogP contribution in [0.25, 0.3) is 10.2 Å². The highest BCUT2D eigenvalue weighted by Crippen LogP contribution is 2.31. The summed E-state index contributed by atoms with van der Waals surface area (Å²) in [5.41, 5.74) is 1.66. The molecule has 0 spiro atoms. The zero-order valence-corrected chi connectivity index (χ0v) is 19.2. The number of rotatable bonds is 6. The van der Waals surface area contributed by atoms with E-state index in [-0.39, 0.29) is 23.7 Å². The molecular formula is C23H32N4O3S. The Balaban J connectivity index is 1.43. The first-order valence-corrected chi connectivity index (χ1v) is 12.2. The van der Waals surface area contributed by atoms with Crippen molar-refractivity contribution in [2.24, 2.45) is 11.8 Å². The van der Waals surface area contributed by atoms with E-state index in [0.717, 1.165) is 73.0 Å². The summed E-state index contributed by atoms with van der Waals surface area (Å²) in [5.74, 6) is -0.111. The summed E-state index contributed by atoms with van der Waals surface area (Å²) in [4.78, 5) is 32.7. The van der Waals surface area contributed by atoms with Gasteiger partial charge in [0.15, 0.2) is 5.13 Å². The van der Waals surface area contributed by atoms with Crippen molar-refractivity contribution in [3.05, 3.63) is 18.2 Å². The number of carbonyl (C=O) groups is 2. The predicted molar refractivity (Wildman–Crippen MR) is 125 cm³/mol. The topological polar surface area (TPSA) is 83.6 Å². The molecule has 1 aromatic carbocycles. The molecule has 0 radical (unpaired) electrons. The van der Waals surface area contributed by atoms with Crippen LogP contribution in [0, 0.1) is 11.8 Å². The zero-order chi connectivity index (χ0) is 21.8. The van der Waals surface area contributed by atoms with Gasteiger partial charge in [-0.05, 0) is 37.0 Å². The third-order valence-electron chi connectivity index (χ3n) is 6.15. The molecule has 1 atom stereocenters. The summed E-state index contributed by atoms with van der Waals surface area (Å²) in [6.45, 7) is 7.07. The molecule has 2 amide bonds. The number of thiazole rings is 1. The Labute approximate surface area is 187 Å². The van der Waals surface area contributed by atoms with Gasteiger partial charge in [-0.25, -0.2) is 4.98 Å².